The molecule has 2 aromatic heterocycles. The number of carbonyl (C=O) groups excluding carboxylic acids is 1. The molecule has 3 nitrogen and oxygen atoms in total. The fourth-order valence-corrected chi connectivity index (χ4v) is 3.64. The van der Waals surface area contributed by atoms with E-state index in [2.05, 4.69) is 5.32 Å². The fourth-order valence-electron chi connectivity index (χ4n) is 1.41. The van der Waals surface area contributed by atoms with Crippen molar-refractivity contribution in [2.24, 2.45) is 0 Å². The lowest BCUT2D eigenvalue weighted by Crippen LogP contribution is -2.31. The maximum absolute atomic E-state index is 11.8. The summed E-state index contributed by atoms with van der Waals surface area (Å²) in [6.45, 7) is 0.848. The average molecular weight is 290 g/mol. The molecule has 17 heavy (non-hydrogen) atoms. The van der Waals surface area contributed by atoms with Crippen molar-refractivity contribution < 1.29 is 9.53 Å². The van der Waals surface area contributed by atoms with Crippen LogP contribution in [0.5, 0.6) is 0 Å². The standard InChI is InChI=1S/C11H12ClNO2S2/c1-15-6-7(12)5-13-11(14)10-4-9-8(17-10)2-3-16-9/h2-4,7H,5-6H2,1H3,(H,13,14). The molecule has 0 saturated carbocycles. The van der Waals surface area contributed by atoms with Crippen LogP contribution in [-0.4, -0.2) is 31.5 Å². The Morgan fingerprint density at radius 3 is 3.12 bits per heavy atom. The number of halogens is 1. The van der Waals surface area contributed by atoms with Crippen LogP contribution in [-0.2, 0) is 4.74 Å². The van der Waals surface area contributed by atoms with E-state index >= 15 is 0 Å². The monoisotopic (exact) mass is 289 g/mol. The zero-order chi connectivity index (χ0) is 12.3. The van der Waals surface area contributed by atoms with Gasteiger partial charge in [-0.05, 0) is 17.5 Å². The van der Waals surface area contributed by atoms with Crippen LogP contribution >= 0.6 is 34.3 Å². The number of nitrogens with one attached hydrogen (secondary N) is 1. The summed E-state index contributed by atoms with van der Waals surface area (Å²) in [4.78, 5) is 12.6. The van der Waals surface area contributed by atoms with Crippen molar-refractivity contribution in [3.8, 4) is 0 Å². The number of hydrogen-bond acceptors (Lipinski definition) is 4. The quantitative estimate of drug-likeness (QED) is 0.860. The lowest BCUT2D eigenvalue weighted by Gasteiger charge is -2.08. The summed E-state index contributed by atoms with van der Waals surface area (Å²) in [5.74, 6) is -0.0693. The lowest BCUT2D eigenvalue weighted by atomic mass is 10.4. The Hall–Kier alpha value is -0.620. The number of alkyl halides is 1. The van der Waals surface area contributed by atoms with E-state index in [1.165, 1.54) is 11.3 Å². The minimum Gasteiger partial charge on any atom is -0.383 e. The normalized spacial score (nSPS) is 12.8. The summed E-state index contributed by atoms with van der Waals surface area (Å²) in [6.07, 6.45) is 0. The molecular formula is C11H12ClNO2S2. The molecule has 0 fully saturated rings. The van der Waals surface area contributed by atoms with E-state index in [-0.39, 0.29) is 11.3 Å². The van der Waals surface area contributed by atoms with Gasteiger partial charge in [-0.1, -0.05) is 0 Å². The van der Waals surface area contributed by atoms with Gasteiger partial charge in [0.05, 0.1) is 16.9 Å². The number of amides is 1. The summed E-state index contributed by atoms with van der Waals surface area (Å²) in [7, 11) is 1.59. The Morgan fingerprint density at radius 2 is 2.41 bits per heavy atom. The molecule has 2 heterocycles. The minimum atomic E-state index is -0.190. The first-order valence-electron chi connectivity index (χ1n) is 5.09. The van der Waals surface area contributed by atoms with Gasteiger partial charge in [0.15, 0.2) is 0 Å². The lowest BCUT2D eigenvalue weighted by molar-refractivity contribution is 0.0953. The first-order valence-corrected chi connectivity index (χ1v) is 7.22. The van der Waals surface area contributed by atoms with Crippen LogP contribution in [0.15, 0.2) is 17.5 Å². The minimum absolute atomic E-state index is 0.0693. The molecule has 6 heteroatoms. The van der Waals surface area contributed by atoms with Gasteiger partial charge in [-0.25, -0.2) is 0 Å². The molecular weight excluding hydrogens is 278 g/mol. The van der Waals surface area contributed by atoms with E-state index < -0.39 is 0 Å². The number of carbonyl (C=O) groups is 1. The maximum atomic E-state index is 11.8. The molecule has 0 spiro atoms. The highest BCUT2D eigenvalue weighted by atomic mass is 35.5. The Bertz CT molecular complexity index is 480. The van der Waals surface area contributed by atoms with Crippen LogP contribution in [0.2, 0.25) is 0 Å². The largest absolute Gasteiger partial charge is 0.383 e. The number of rotatable bonds is 5. The van der Waals surface area contributed by atoms with Crippen molar-refractivity contribution in [1.29, 1.82) is 0 Å². The Morgan fingerprint density at radius 1 is 1.59 bits per heavy atom. The molecule has 0 aromatic carbocycles. The smallest absolute Gasteiger partial charge is 0.261 e. The number of methoxy groups -OCH3 is 1. The van der Waals surface area contributed by atoms with E-state index in [0.717, 1.165) is 14.3 Å². The second kappa shape index (κ2) is 5.82. The van der Waals surface area contributed by atoms with Gasteiger partial charge in [0.25, 0.3) is 5.91 Å². The first-order chi connectivity index (χ1) is 8.20. The third-order valence-corrected chi connectivity index (χ3v) is 4.57. The van der Waals surface area contributed by atoms with Gasteiger partial charge in [0, 0.05) is 23.1 Å². The number of hydrogen-bond donors (Lipinski definition) is 1. The van der Waals surface area contributed by atoms with Crippen LogP contribution in [0.3, 0.4) is 0 Å². The molecule has 2 rings (SSSR count). The predicted octanol–water partition coefficient (Wildman–Crippen LogP) is 2.95. The molecule has 0 bridgehead atoms. The Kier molecular flexibility index (Phi) is 4.39. The van der Waals surface area contributed by atoms with Gasteiger partial charge in [0.2, 0.25) is 0 Å². The highest BCUT2D eigenvalue weighted by Gasteiger charge is 2.12. The van der Waals surface area contributed by atoms with Crippen LogP contribution < -0.4 is 5.32 Å². The second-order valence-corrected chi connectivity index (χ2v) is 6.17. The highest BCUT2D eigenvalue weighted by molar-refractivity contribution is 7.27. The van der Waals surface area contributed by atoms with E-state index in [0.29, 0.717) is 13.2 Å². The Labute approximate surface area is 112 Å². The summed E-state index contributed by atoms with van der Waals surface area (Å²) in [6, 6.07) is 3.94. The average Bonchev–Trinajstić information content (AvgIpc) is 2.86. The van der Waals surface area contributed by atoms with Gasteiger partial charge in [-0.2, -0.15) is 0 Å². The molecule has 0 saturated heterocycles. The maximum Gasteiger partial charge on any atom is 0.261 e. The zero-order valence-electron chi connectivity index (χ0n) is 9.23. The molecule has 92 valence electrons. The zero-order valence-corrected chi connectivity index (χ0v) is 11.6. The van der Waals surface area contributed by atoms with Crippen molar-refractivity contribution in [2.75, 3.05) is 20.3 Å². The molecule has 1 atom stereocenters. The van der Waals surface area contributed by atoms with E-state index in [1.54, 1.807) is 18.4 Å². The van der Waals surface area contributed by atoms with Crippen LogP contribution in [0, 0.1) is 0 Å². The fraction of sp³-hybridized carbons (Fsp3) is 0.364. The number of thiophene rings is 2. The molecule has 1 N–H and O–H groups in total. The van der Waals surface area contributed by atoms with Gasteiger partial charge in [-0.3, -0.25) is 4.79 Å². The molecule has 0 radical (unpaired) electrons. The third-order valence-electron chi connectivity index (χ3n) is 2.19. The SMILES string of the molecule is COCC(Cl)CNC(=O)c1cc2sccc2s1. The van der Waals surface area contributed by atoms with Crippen LogP contribution in [0.4, 0.5) is 0 Å². The molecule has 0 aliphatic rings. The molecule has 0 aliphatic heterocycles. The summed E-state index contributed by atoms with van der Waals surface area (Å²) >= 11 is 9.08. The topological polar surface area (TPSA) is 38.3 Å². The van der Waals surface area contributed by atoms with Crippen molar-refractivity contribution >= 4 is 49.6 Å². The molecule has 2 aromatic rings. The number of fused-ring (bicyclic) bond motifs is 1. The van der Waals surface area contributed by atoms with Gasteiger partial charge >= 0.3 is 0 Å². The molecule has 1 amide bonds. The van der Waals surface area contributed by atoms with Crippen molar-refractivity contribution in [3.63, 3.8) is 0 Å². The van der Waals surface area contributed by atoms with Crippen molar-refractivity contribution in [3.05, 3.63) is 22.4 Å². The van der Waals surface area contributed by atoms with E-state index in [9.17, 15) is 4.79 Å². The predicted molar refractivity (Wildman–Crippen MR) is 73.6 cm³/mol. The summed E-state index contributed by atoms with van der Waals surface area (Å²) < 4.78 is 7.20. The van der Waals surface area contributed by atoms with Gasteiger partial charge < -0.3 is 10.1 Å². The van der Waals surface area contributed by atoms with Gasteiger partial charge in [0.1, 0.15) is 0 Å². The highest BCUT2D eigenvalue weighted by Crippen LogP contribution is 2.29. The number of ether oxygens (including phenoxy) is 1. The summed E-state index contributed by atoms with van der Waals surface area (Å²) in [5.41, 5.74) is 0. The van der Waals surface area contributed by atoms with E-state index in [4.69, 9.17) is 16.3 Å². The Balaban J connectivity index is 1.94. The third kappa shape index (κ3) is 3.19. The second-order valence-electron chi connectivity index (χ2n) is 3.52. The molecule has 0 aliphatic carbocycles. The summed E-state index contributed by atoms with van der Waals surface area (Å²) in [5, 5.41) is 4.63. The first kappa shape index (κ1) is 12.8. The van der Waals surface area contributed by atoms with Crippen molar-refractivity contribution in [1.82, 2.24) is 5.32 Å². The molecule has 1 unspecified atom stereocenters. The van der Waals surface area contributed by atoms with E-state index in [1.807, 2.05) is 17.5 Å². The van der Waals surface area contributed by atoms with Crippen molar-refractivity contribution in [2.45, 2.75) is 5.38 Å². The van der Waals surface area contributed by atoms with Crippen LogP contribution in [0.25, 0.3) is 9.40 Å². The van der Waals surface area contributed by atoms with Crippen LogP contribution in [0.1, 0.15) is 9.67 Å². The van der Waals surface area contributed by atoms with Gasteiger partial charge in [-0.15, -0.1) is 34.3 Å².